The standard InChI is InChI=1S/C22H23N5O2S/c1-14-5-3-6-16(11-14)21-25-19(29-26-21)13-23-22(30)24-17-9-8-15(2)18(12-17)27-10-4-7-20(27)28/h3,5-6,8-9,11-12H,4,7,10,13H2,1-2H3,(H2,23,24,30). The Balaban J connectivity index is 1.37. The van der Waals surface area contributed by atoms with Crippen LogP contribution in [0.2, 0.25) is 0 Å². The number of nitrogens with zero attached hydrogens (tertiary/aromatic N) is 3. The van der Waals surface area contributed by atoms with Crippen molar-refractivity contribution in [1.82, 2.24) is 15.5 Å². The van der Waals surface area contributed by atoms with Crippen LogP contribution < -0.4 is 15.5 Å². The molecular formula is C22H23N5O2S. The number of carbonyl (C=O) groups is 1. The van der Waals surface area contributed by atoms with Gasteiger partial charge in [0.2, 0.25) is 17.6 Å². The second-order valence-corrected chi connectivity index (χ2v) is 7.75. The summed E-state index contributed by atoms with van der Waals surface area (Å²) in [6.45, 7) is 5.09. The summed E-state index contributed by atoms with van der Waals surface area (Å²) in [4.78, 5) is 18.3. The smallest absolute Gasteiger partial charge is 0.246 e. The van der Waals surface area contributed by atoms with Gasteiger partial charge in [0.25, 0.3) is 0 Å². The molecule has 1 fully saturated rings. The lowest BCUT2D eigenvalue weighted by Gasteiger charge is -2.20. The van der Waals surface area contributed by atoms with Gasteiger partial charge in [0, 0.05) is 29.9 Å². The Kier molecular flexibility index (Phi) is 5.76. The number of nitrogens with one attached hydrogen (secondary N) is 2. The molecule has 0 aliphatic carbocycles. The van der Waals surface area contributed by atoms with E-state index in [1.54, 1.807) is 0 Å². The van der Waals surface area contributed by atoms with E-state index in [2.05, 4.69) is 20.8 Å². The number of amides is 1. The monoisotopic (exact) mass is 421 g/mol. The summed E-state index contributed by atoms with van der Waals surface area (Å²) in [5.41, 5.74) is 4.85. The first-order chi connectivity index (χ1) is 14.5. The summed E-state index contributed by atoms with van der Waals surface area (Å²) in [5.74, 6) is 1.16. The van der Waals surface area contributed by atoms with Gasteiger partial charge in [0.15, 0.2) is 5.11 Å². The van der Waals surface area contributed by atoms with E-state index in [9.17, 15) is 4.79 Å². The molecule has 1 saturated heterocycles. The van der Waals surface area contributed by atoms with Crippen molar-refractivity contribution < 1.29 is 9.32 Å². The van der Waals surface area contributed by atoms with Crippen LogP contribution in [-0.2, 0) is 11.3 Å². The van der Waals surface area contributed by atoms with Crippen LogP contribution in [0.1, 0.15) is 29.9 Å². The average molecular weight is 422 g/mol. The molecule has 154 valence electrons. The van der Waals surface area contributed by atoms with E-state index >= 15 is 0 Å². The Bertz CT molecular complexity index is 1090. The summed E-state index contributed by atoms with van der Waals surface area (Å²) >= 11 is 5.39. The maximum atomic E-state index is 12.1. The Morgan fingerprint density at radius 3 is 2.87 bits per heavy atom. The van der Waals surface area contributed by atoms with Gasteiger partial charge in [0.1, 0.15) is 0 Å². The van der Waals surface area contributed by atoms with Crippen LogP contribution in [-0.4, -0.2) is 27.7 Å². The van der Waals surface area contributed by atoms with Crippen molar-refractivity contribution in [2.24, 2.45) is 0 Å². The third-order valence-electron chi connectivity index (χ3n) is 4.98. The molecule has 4 rings (SSSR count). The largest absolute Gasteiger partial charge is 0.353 e. The van der Waals surface area contributed by atoms with Crippen LogP contribution >= 0.6 is 12.2 Å². The molecule has 0 spiro atoms. The van der Waals surface area contributed by atoms with Crippen molar-refractivity contribution in [3.8, 4) is 11.4 Å². The minimum atomic E-state index is 0.164. The molecule has 2 N–H and O–H groups in total. The molecule has 0 bridgehead atoms. The highest BCUT2D eigenvalue weighted by Gasteiger charge is 2.23. The minimum Gasteiger partial charge on any atom is -0.353 e. The van der Waals surface area contributed by atoms with Gasteiger partial charge >= 0.3 is 0 Å². The number of thiocarbonyl (C=S) groups is 1. The van der Waals surface area contributed by atoms with Crippen molar-refractivity contribution in [3.05, 3.63) is 59.5 Å². The second kappa shape index (κ2) is 8.62. The Morgan fingerprint density at radius 1 is 1.23 bits per heavy atom. The summed E-state index contributed by atoms with van der Waals surface area (Å²) in [7, 11) is 0. The minimum absolute atomic E-state index is 0.164. The number of carbonyl (C=O) groups excluding carboxylic acids is 1. The molecule has 7 nitrogen and oxygen atoms in total. The van der Waals surface area contributed by atoms with Crippen LogP contribution in [0.5, 0.6) is 0 Å². The maximum Gasteiger partial charge on any atom is 0.246 e. The molecule has 2 heterocycles. The molecule has 0 saturated carbocycles. The van der Waals surface area contributed by atoms with Gasteiger partial charge < -0.3 is 20.1 Å². The Labute approximate surface area is 180 Å². The lowest BCUT2D eigenvalue weighted by molar-refractivity contribution is -0.117. The SMILES string of the molecule is Cc1cccc(-c2noc(CNC(=S)Nc3ccc(C)c(N4CCCC4=O)c3)n2)c1. The molecule has 1 aliphatic rings. The zero-order valence-electron chi connectivity index (χ0n) is 16.9. The Hall–Kier alpha value is -3.26. The van der Waals surface area contributed by atoms with E-state index in [1.807, 2.05) is 61.2 Å². The van der Waals surface area contributed by atoms with E-state index < -0.39 is 0 Å². The van der Waals surface area contributed by atoms with Gasteiger partial charge in [-0.05, 0) is 56.2 Å². The predicted molar refractivity (Wildman–Crippen MR) is 120 cm³/mol. The summed E-state index contributed by atoms with van der Waals surface area (Å²) in [6.07, 6.45) is 1.50. The van der Waals surface area contributed by atoms with E-state index in [4.69, 9.17) is 16.7 Å². The number of anilines is 2. The summed E-state index contributed by atoms with van der Waals surface area (Å²) < 4.78 is 5.32. The molecular weight excluding hydrogens is 398 g/mol. The fourth-order valence-corrected chi connectivity index (χ4v) is 3.63. The molecule has 3 aromatic rings. The summed E-state index contributed by atoms with van der Waals surface area (Å²) in [5, 5.41) is 10.7. The molecule has 1 aliphatic heterocycles. The lowest BCUT2D eigenvalue weighted by atomic mass is 10.1. The highest BCUT2D eigenvalue weighted by molar-refractivity contribution is 7.80. The first kappa shape index (κ1) is 20.0. The topological polar surface area (TPSA) is 83.3 Å². The molecule has 30 heavy (non-hydrogen) atoms. The maximum absolute atomic E-state index is 12.1. The van der Waals surface area contributed by atoms with Crippen LogP contribution in [0, 0.1) is 13.8 Å². The van der Waals surface area contributed by atoms with Gasteiger partial charge in [-0.25, -0.2) is 0 Å². The average Bonchev–Trinajstić information content (AvgIpc) is 3.37. The molecule has 0 atom stereocenters. The molecule has 1 amide bonds. The van der Waals surface area contributed by atoms with Crippen molar-refractivity contribution in [2.45, 2.75) is 33.2 Å². The highest BCUT2D eigenvalue weighted by atomic mass is 32.1. The van der Waals surface area contributed by atoms with Gasteiger partial charge in [0.05, 0.1) is 6.54 Å². The van der Waals surface area contributed by atoms with Crippen molar-refractivity contribution in [2.75, 3.05) is 16.8 Å². The van der Waals surface area contributed by atoms with E-state index in [-0.39, 0.29) is 5.91 Å². The quantitative estimate of drug-likeness (QED) is 0.603. The first-order valence-electron chi connectivity index (χ1n) is 9.85. The van der Waals surface area contributed by atoms with Gasteiger partial charge in [-0.15, -0.1) is 0 Å². The second-order valence-electron chi connectivity index (χ2n) is 7.34. The normalized spacial score (nSPS) is 13.5. The molecule has 0 unspecified atom stereocenters. The number of benzene rings is 2. The Morgan fingerprint density at radius 2 is 2.10 bits per heavy atom. The number of hydrogen-bond donors (Lipinski definition) is 2. The van der Waals surface area contributed by atoms with Crippen LogP contribution in [0.15, 0.2) is 47.0 Å². The van der Waals surface area contributed by atoms with Crippen molar-refractivity contribution in [3.63, 3.8) is 0 Å². The van der Waals surface area contributed by atoms with Gasteiger partial charge in [-0.1, -0.05) is 35.0 Å². The van der Waals surface area contributed by atoms with Crippen molar-refractivity contribution >= 4 is 34.6 Å². The fourth-order valence-electron chi connectivity index (χ4n) is 3.44. The number of aryl methyl sites for hydroxylation is 2. The number of aromatic nitrogens is 2. The van der Waals surface area contributed by atoms with E-state index in [1.165, 1.54) is 0 Å². The van der Waals surface area contributed by atoms with Crippen molar-refractivity contribution in [1.29, 1.82) is 0 Å². The van der Waals surface area contributed by atoms with E-state index in [0.29, 0.717) is 29.8 Å². The van der Waals surface area contributed by atoms with Gasteiger partial charge in [-0.3, -0.25) is 4.79 Å². The van der Waals surface area contributed by atoms with Crippen LogP contribution in [0.4, 0.5) is 11.4 Å². The lowest BCUT2D eigenvalue weighted by Crippen LogP contribution is -2.28. The first-order valence-corrected chi connectivity index (χ1v) is 10.3. The molecule has 0 radical (unpaired) electrons. The molecule has 2 aromatic carbocycles. The molecule has 1 aromatic heterocycles. The summed E-state index contributed by atoms with van der Waals surface area (Å²) in [6, 6.07) is 13.8. The van der Waals surface area contributed by atoms with Crippen LogP contribution in [0.3, 0.4) is 0 Å². The fraction of sp³-hybridized carbons (Fsp3) is 0.273. The number of rotatable bonds is 5. The van der Waals surface area contributed by atoms with Crippen LogP contribution in [0.25, 0.3) is 11.4 Å². The van der Waals surface area contributed by atoms with Gasteiger partial charge in [-0.2, -0.15) is 4.98 Å². The predicted octanol–water partition coefficient (Wildman–Crippen LogP) is 3.97. The highest BCUT2D eigenvalue weighted by Crippen LogP contribution is 2.28. The third kappa shape index (κ3) is 4.49. The van der Waals surface area contributed by atoms with E-state index in [0.717, 1.165) is 41.0 Å². The zero-order chi connectivity index (χ0) is 21.1. The third-order valence-corrected chi connectivity index (χ3v) is 5.22. The number of hydrogen-bond acceptors (Lipinski definition) is 5. The molecule has 8 heteroatoms. The zero-order valence-corrected chi connectivity index (χ0v) is 17.8.